The van der Waals surface area contributed by atoms with Crippen LogP contribution in [0.4, 0.5) is 5.69 Å². The first-order chi connectivity index (χ1) is 8.29. The van der Waals surface area contributed by atoms with Crippen molar-refractivity contribution in [3.05, 3.63) is 36.4 Å². The fraction of sp³-hybridized carbons (Fsp3) is 0.400. The fourth-order valence-corrected chi connectivity index (χ4v) is 1.16. The highest BCUT2D eigenvalue weighted by Crippen LogP contribution is 2.20. The Morgan fingerprint density at radius 1 is 1.28 bits per heavy atom. The van der Waals surface area contributed by atoms with Crippen LogP contribution in [0.3, 0.4) is 0 Å². The van der Waals surface area contributed by atoms with E-state index in [9.17, 15) is 4.79 Å². The van der Waals surface area contributed by atoms with E-state index >= 15 is 0 Å². The van der Waals surface area contributed by atoms with E-state index < -0.39 is 5.41 Å². The summed E-state index contributed by atoms with van der Waals surface area (Å²) in [7, 11) is 0. The standard InChI is InChI=1S/C15H21NO2/c1-11(2)10-18-13-8-6-12(7-9-13)16-14(17)15(3,4)5/h6-9H,1,10H2,2-5H3,(H,16,17). The van der Waals surface area contributed by atoms with Crippen LogP contribution in [-0.2, 0) is 4.79 Å². The van der Waals surface area contributed by atoms with Gasteiger partial charge in [0.15, 0.2) is 0 Å². The molecule has 0 fully saturated rings. The van der Waals surface area contributed by atoms with Gasteiger partial charge in [0, 0.05) is 11.1 Å². The number of rotatable bonds is 4. The summed E-state index contributed by atoms with van der Waals surface area (Å²) >= 11 is 0. The molecular formula is C15H21NO2. The van der Waals surface area contributed by atoms with E-state index in [1.54, 1.807) is 0 Å². The van der Waals surface area contributed by atoms with Crippen molar-refractivity contribution in [2.45, 2.75) is 27.7 Å². The molecular weight excluding hydrogens is 226 g/mol. The topological polar surface area (TPSA) is 38.3 Å². The summed E-state index contributed by atoms with van der Waals surface area (Å²) in [5.74, 6) is 0.768. The van der Waals surface area contributed by atoms with Crippen molar-refractivity contribution in [1.82, 2.24) is 0 Å². The van der Waals surface area contributed by atoms with E-state index in [1.807, 2.05) is 52.0 Å². The van der Waals surface area contributed by atoms with Gasteiger partial charge in [-0.05, 0) is 36.8 Å². The summed E-state index contributed by atoms with van der Waals surface area (Å²) in [4.78, 5) is 11.8. The van der Waals surface area contributed by atoms with Crippen molar-refractivity contribution in [2.75, 3.05) is 11.9 Å². The molecule has 1 aromatic rings. The quantitative estimate of drug-likeness (QED) is 0.825. The Bertz CT molecular complexity index is 427. The van der Waals surface area contributed by atoms with Crippen LogP contribution >= 0.6 is 0 Å². The lowest BCUT2D eigenvalue weighted by molar-refractivity contribution is -0.123. The molecule has 18 heavy (non-hydrogen) atoms. The molecule has 0 aliphatic carbocycles. The van der Waals surface area contributed by atoms with Crippen molar-refractivity contribution < 1.29 is 9.53 Å². The lowest BCUT2D eigenvalue weighted by Crippen LogP contribution is -2.27. The second-order valence-electron chi connectivity index (χ2n) is 5.47. The van der Waals surface area contributed by atoms with Gasteiger partial charge in [-0.15, -0.1) is 0 Å². The van der Waals surface area contributed by atoms with Crippen LogP contribution in [0.5, 0.6) is 5.75 Å². The lowest BCUT2D eigenvalue weighted by atomic mass is 9.95. The van der Waals surface area contributed by atoms with Gasteiger partial charge in [0.25, 0.3) is 0 Å². The number of benzene rings is 1. The van der Waals surface area contributed by atoms with Gasteiger partial charge in [-0.25, -0.2) is 0 Å². The van der Waals surface area contributed by atoms with Gasteiger partial charge in [0.2, 0.25) is 5.91 Å². The Balaban J connectivity index is 2.60. The Kier molecular flexibility index (Phi) is 4.54. The van der Waals surface area contributed by atoms with Gasteiger partial charge in [-0.3, -0.25) is 4.79 Å². The van der Waals surface area contributed by atoms with Crippen LogP contribution in [0.2, 0.25) is 0 Å². The van der Waals surface area contributed by atoms with Crippen molar-refractivity contribution in [2.24, 2.45) is 5.41 Å². The highest BCUT2D eigenvalue weighted by molar-refractivity contribution is 5.94. The fourth-order valence-electron chi connectivity index (χ4n) is 1.16. The van der Waals surface area contributed by atoms with E-state index in [-0.39, 0.29) is 5.91 Å². The van der Waals surface area contributed by atoms with Gasteiger partial charge >= 0.3 is 0 Å². The highest BCUT2D eigenvalue weighted by atomic mass is 16.5. The van der Waals surface area contributed by atoms with Crippen molar-refractivity contribution >= 4 is 11.6 Å². The molecule has 0 bridgehead atoms. The molecule has 3 nitrogen and oxygen atoms in total. The molecule has 1 rings (SSSR count). The number of hydrogen-bond acceptors (Lipinski definition) is 2. The van der Waals surface area contributed by atoms with E-state index in [2.05, 4.69) is 11.9 Å². The van der Waals surface area contributed by atoms with Crippen molar-refractivity contribution in [1.29, 1.82) is 0 Å². The van der Waals surface area contributed by atoms with Gasteiger partial charge in [-0.2, -0.15) is 0 Å². The highest BCUT2D eigenvalue weighted by Gasteiger charge is 2.20. The Morgan fingerprint density at radius 3 is 2.28 bits per heavy atom. The van der Waals surface area contributed by atoms with E-state index in [0.29, 0.717) is 6.61 Å². The first-order valence-corrected chi connectivity index (χ1v) is 5.98. The number of ether oxygens (including phenoxy) is 1. The van der Waals surface area contributed by atoms with Gasteiger partial charge in [-0.1, -0.05) is 27.4 Å². The Hall–Kier alpha value is -1.77. The Morgan fingerprint density at radius 2 is 1.83 bits per heavy atom. The largest absolute Gasteiger partial charge is 0.489 e. The second-order valence-corrected chi connectivity index (χ2v) is 5.47. The van der Waals surface area contributed by atoms with Crippen LogP contribution in [0.25, 0.3) is 0 Å². The van der Waals surface area contributed by atoms with Crippen LogP contribution in [0.1, 0.15) is 27.7 Å². The zero-order chi connectivity index (χ0) is 13.8. The number of nitrogens with one attached hydrogen (secondary N) is 1. The van der Waals surface area contributed by atoms with E-state index in [0.717, 1.165) is 17.0 Å². The number of amides is 1. The minimum atomic E-state index is -0.394. The molecule has 0 aliphatic rings. The minimum absolute atomic E-state index is 0.00176. The van der Waals surface area contributed by atoms with Gasteiger partial charge in [0.1, 0.15) is 12.4 Å². The zero-order valence-corrected chi connectivity index (χ0v) is 11.5. The second kappa shape index (κ2) is 5.71. The van der Waals surface area contributed by atoms with Crippen molar-refractivity contribution in [3.63, 3.8) is 0 Å². The molecule has 0 aromatic heterocycles. The number of carbonyl (C=O) groups is 1. The van der Waals surface area contributed by atoms with E-state index in [4.69, 9.17) is 4.74 Å². The minimum Gasteiger partial charge on any atom is -0.489 e. The van der Waals surface area contributed by atoms with Crippen LogP contribution in [0.15, 0.2) is 36.4 Å². The van der Waals surface area contributed by atoms with Crippen LogP contribution in [-0.4, -0.2) is 12.5 Å². The maximum atomic E-state index is 11.8. The molecule has 0 saturated heterocycles. The first kappa shape index (κ1) is 14.3. The molecule has 1 amide bonds. The molecule has 0 heterocycles. The molecule has 0 unspecified atom stereocenters. The number of carbonyl (C=O) groups excluding carboxylic acids is 1. The lowest BCUT2D eigenvalue weighted by Gasteiger charge is -2.17. The summed E-state index contributed by atoms with van der Waals surface area (Å²) in [6.07, 6.45) is 0. The molecule has 1 aromatic carbocycles. The summed E-state index contributed by atoms with van der Waals surface area (Å²) in [5.41, 5.74) is 1.35. The monoisotopic (exact) mass is 247 g/mol. The third-order valence-corrected chi connectivity index (χ3v) is 2.28. The molecule has 0 aliphatic heterocycles. The smallest absolute Gasteiger partial charge is 0.229 e. The van der Waals surface area contributed by atoms with Gasteiger partial charge < -0.3 is 10.1 Å². The maximum Gasteiger partial charge on any atom is 0.229 e. The van der Waals surface area contributed by atoms with Crippen LogP contribution in [0, 0.1) is 5.41 Å². The average Bonchev–Trinajstić information content (AvgIpc) is 2.26. The molecule has 0 atom stereocenters. The maximum absolute atomic E-state index is 11.8. The summed E-state index contributed by atoms with van der Waals surface area (Å²) in [6, 6.07) is 7.33. The molecule has 0 saturated carbocycles. The molecule has 3 heteroatoms. The molecule has 0 radical (unpaired) electrons. The normalized spacial score (nSPS) is 10.9. The van der Waals surface area contributed by atoms with Gasteiger partial charge in [0.05, 0.1) is 0 Å². The predicted molar refractivity (Wildman–Crippen MR) is 74.8 cm³/mol. The third-order valence-electron chi connectivity index (χ3n) is 2.28. The Labute approximate surface area is 109 Å². The molecule has 98 valence electrons. The summed E-state index contributed by atoms with van der Waals surface area (Å²) in [5, 5.41) is 2.86. The first-order valence-electron chi connectivity index (χ1n) is 5.98. The summed E-state index contributed by atoms with van der Waals surface area (Å²) in [6.45, 7) is 11.8. The third kappa shape index (κ3) is 4.62. The van der Waals surface area contributed by atoms with Crippen molar-refractivity contribution in [3.8, 4) is 5.75 Å². The number of hydrogen-bond donors (Lipinski definition) is 1. The van der Waals surface area contributed by atoms with Crippen LogP contribution < -0.4 is 10.1 Å². The molecule has 0 spiro atoms. The summed E-state index contributed by atoms with van der Waals surface area (Å²) < 4.78 is 5.48. The van der Waals surface area contributed by atoms with E-state index in [1.165, 1.54) is 0 Å². The average molecular weight is 247 g/mol. The SMILES string of the molecule is C=C(C)COc1ccc(NC(=O)C(C)(C)C)cc1. The molecule has 1 N–H and O–H groups in total. The predicted octanol–water partition coefficient (Wildman–Crippen LogP) is 3.63. The zero-order valence-electron chi connectivity index (χ0n) is 11.5. The number of anilines is 1.